The topological polar surface area (TPSA) is 52.1 Å². The molecule has 0 radical (unpaired) electrons. The largest absolute Gasteiger partial charge is 0.494 e. The molecule has 0 aliphatic heterocycles. The number of ether oxygens (including phenoxy) is 1. The van der Waals surface area contributed by atoms with E-state index in [0.717, 1.165) is 11.3 Å². The first-order valence-corrected chi connectivity index (χ1v) is 6.66. The van der Waals surface area contributed by atoms with E-state index in [1.165, 1.54) is 0 Å². The second-order valence-corrected chi connectivity index (χ2v) is 4.77. The van der Waals surface area contributed by atoms with Crippen molar-refractivity contribution in [1.29, 1.82) is 0 Å². The molecule has 0 saturated carbocycles. The predicted octanol–water partition coefficient (Wildman–Crippen LogP) is 3.68. The molecule has 4 nitrogen and oxygen atoms in total. The SMILES string of the molecule is COc1ccc(C(=O)Cl)c2ccc(-c3cccnc3)nc12. The van der Waals surface area contributed by atoms with Crippen LogP contribution >= 0.6 is 11.6 Å². The van der Waals surface area contributed by atoms with E-state index >= 15 is 0 Å². The Morgan fingerprint density at radius 2 is 2.05 bits per heavy atom. The van der Waals surface area contributed by atoms with Crippen LogP contribution in [-0.2, 0) is 0 Å². The summed E-state index contributed by atoms with van der Waals surface area (Å²) in [6, 6.07) is 10.8. The zero-order chi connectivity index (χ0) is 14.8. The van der Waals surface area contributed by atoms with Gasteiger partial charge in [-0.25, -0.2) is 4.98 Å². The second kappa shape index (κ2) is 5.50. The third kappa shape index (κ3) is 2.45. The fourth-order valence-corrected chi connectivity index (χ4v) is 2.37. The number of carbonyl (C=O) groups excluding carboxylic acids is 1. The summed E-state index contributed by atoms with van der Waals surface area (Å²) in [6.07, 6.45) is 3.44. The maximum absolute atomic E-state index is 11.5. The Hall–Kier alpha value is -2.46. The number of benzene rings is 1. The van der Waals surface area contributed by atoms with Crippen molar-refractivity contribution >= 4 is 27.7 Å². The number of carbonyl (C=O) groups is 1. The average molecular weight is 299 g/mol. The molecule has 2 heterocycles. The van der Waals surface area contributed by atoms with Gasteiger partial charge in [0, 0.05) is 28.9 Å². The van der Waals surface area contributed by atoms with Gasteiger partial charge in [-0.15, -0.1) is 0 Å². The Morgan fingerprint density at radius 1 is 1.19 bits per heavy atom. The van der Waals surface area contributed by atoms with Crippen molar-refractivity contribution in [2.24, 2.45) is 0 Å². The van der Waals surface area contributed by atoms with Crippen molar-refractivity contribution in [2.45, 2.75) is 0 Å². The molecule has 0 atom stereocenters. The van der Waals surface area contributed by atoms with Crippen molar-refractivity contribution in [3.05, 3.63) is 54.4 Å². The summed E-state index contributed by atoms with van der Waals surface area (Å²) in [5, 5.41) is 0.153. The summed E-state index contributed by atoms with van der Waals surface area (Å²) in [7, 11) is 1.56. The van der Waals surface area contributed by atoms with E-state index in [-0.39, 0.29) is 0 Å². The van der Waals surface area contributed by atoms with Crippen molar-refractivity contribution < 1.29 is 9.53 Å². The van der Waals surface area contributed by atoms with E-state index in [2.05, 4.69) is 9.97 Å². The molecule has 0 bridgehead atoms. The molecule has 0 saturated heterocycles. The maximum Gasteiger partial charge on any atom is 0.253 e. The highest BCUT2D eigenvalue weighted by Gasteiger charge is 2.13. The lowest BCUT2D eigenvalue weighted by Crippen LogP contribution is -1.96. The molecule has 104 valence electrons. The number of fused-ring (bicyclic) bond motifs is 1. The van der Waals surface area contributed by atoms with Gasteiger partial charge in [-0.05, 0) is 48.0 Å². The first-order chi connectivity index (χ1) is 10.2. The average Bonchev–Trinajstić information content (AvgIpc) is 2.54. The van der Waals surface area contributed by atoms with Gasteiger partial charge in [-0.1, -0.05) is 0 Å². The number of hydrogen-bond acceptors (Lipinski definition) is 4. The fraction of sp³-hybridized carbons (Fsp3) is 0.0625. The van der Waals surface area contributed by atoms with E-state index in [0.29, 0.717) is 22.2 Å². The number of hydrogen-bond donors (Lipinski definition) is 0. The lowest BCUT2D eigenvalue weighted by molar-refractivity contribution is 0.108. The van der Waals surface area contributed by atoms with Gasteiger partial charge in [0.1, 0.15) is 11.3 Å². The molecule has 0 fully saturated rings. The third-order valence-corrected chi connectivity index (χ3v) is 3.41. The van der Waals surface area contributed by atoms with Crippen LogP contribution < -0.4 is 4.74 Å². The Bertz CT molecular complexity index is 819. The molecule has 1 aromatic carbocycles. The highest BCUT2D eigenvalue weighted by Crippen LogP contribution is 2.30. The lowest BCUT2D eigenvalue weighted by Gasteiger charge is -2.09. The van der Waals surface area contributed by atoms with Crippen molar-refractivity contribution in [2.75, 3.05) is 7.11 Å². The van der Waals surface area contributed by atoms with Gasteiger partial charge in [0.05, 0.1) is 12.8 Å². The fourth-order valence-electron chi connectivity index (χ4n) is 2.20. The minimum atomic E-state index is -0.515. The van der Waals surface area contributed by atoms with E-state index < -0.39 is 5.24 Å². The van der Waals surface area contributed by atoms with Crippen LogP contribution in [0, 0.1) is 0 Å². The van der Waals surface area contributed by atoms with Crippen molar-refractivity contribution in [3.63, 3.8) is 0 Å². The first kappa shape index (κ1) is 13.5. The van der Waals surface area contributed by atoms with E-state index in [4.69, 9.17) is 16.3 Å². The normalized spacial score (nSPS) is 10.6. The summed E-state index contributed by atoms with van der Waals surface area (Å²) in [5.41, 5.74) is 2.67. The highest BCUT2D eigenvalue weighted by atomic mass is 35.5. The van der Waals surface area contributed by atoms with Crippen molar-refractivity contribution in [3.8, 4) is 17.0 Å². The lowest BCUT2D eigenvalue weighted by atomic mass is 10.1. The van der Waals surface area contributed by atoms with Gasteiger partial charge in [0.2, 0.25) is 0 Å². The van der Waals surface area contributed by atoms with Crippen LogP contribution in [0.5, 0.6) is 5.75 Å². The highest BCUT2D eigenvalue weighted by molar-refractivity contribution is 6.68. The summed E-state index contributed by atoms with van der Waals surface area (Å²) in [5.74, 6) is 0.595. The van der Waals surface area contributed by atoms with Crippen LogP contribution in [0.4, 0.5) is 0 Å². The number of nitrogens with zero attached hydrogens (tertiary/aromatic N) is 2. The van der Waals surface area contributed by atoms with Gasteiger partial charge in [-0.2, -0.15) is 0 Å². The molecule has 0 aliphatic carbocycles. The molecule has 0 N–H and O–H groups in total. The Labute approximate surface area is 126 Å². The van der Waals surface area contributed by atoms with E-state index in [1.54, 1.807) is 31.6 Å². The molecule has 0 aliphatic rings. The van der Waals surface area contributed by atoms with E-state index in [1.807, 2.05) is 24.3 Å². The first-order valence-electron chi connectivity index (χ1n) is 6.28. The van der Waals surface area contributed by atoms with Gasteiger partial charge >= 0.3 is 0 Å². The number of pyridine rings is 2. The molecule has 0 amide bonds. The Balaban J connectivity index is 2.28. The van der Waals surface area contributed by atoms with E-state index in [9.17, 15) is 4.79 Å². The number of rotatable bonds is 3. The maximum atomic E-state index is 11.5. The molecular formula is C16H11ClN2O2. The molecular weight excluding hydrogens is 288 g/mol. The van der Waals surface area contributed by atoms with Gasteiger partial charge < -0.3 is 4.74 Å². The van der Waals surface area contributed by atoms with Gasteiger partial charge in [-0.3, -0.25) is 9.78 Å². The smallest absolute Gasteiger partial charge is 0.253 e. The monoisotopic (exact) mass is 298 g/mol. The number of aromatic nitrogens is 2. The summed E-state index contributed by atoms with van der Waals surface area (Å²) in [4.78, 5) is 20.2. The van der Waals surface area contributed by atoms with Gasteiger partial charge in [0.15, 0.2) is 0 Å². The number of halogens is 1. The Kier molecular flexibility index (Phi) is 3.54. The van der Waals surface area contributed by atoms with Crippen molar-refractivity contribution in [1.82, 2.24) is 9.97 Å². The predicted molar refractivity (Wildman–Crippen MR) is 81.7 cm³/mol. The molecule has 21 heavy (non-hydrogen) atoms. The van der Waals surface area contributed by atoms with Crippen LogP contribution in [0.25, 0.3) is 22.2 Å². The Morgan fingerprint density at radius 3 is 2.71 bits per heavy atom. The zero-order valence-corrected chi connectivity index (χ0v) is 12.0. The van der Waals surface area contributed by atoms with Gasteiger partial charge in [0.25, 0.3) is 5.24 Å². The molecule has 3 aromatic rings. The third-order valence-electron chi connectivity index (χ3n) is 3.21. The molecule has 5 heteroatoms. The summed E-state index contributed by atoms with van der Waals surface area (Å²) in [6.45, 7) is 0. The second-order valence-electron chi connectivity index (χ2n) is 4.42. The molecule has 0 spiro atoms. The van der Waals surface area contributed by atoms with Crippen LogP contribution in [0.2, 0.25) is 0 Å². The quantitative estimate of drug-likeness (QED) is 0.692. The zero-order valence-electron chi connectivity index (χ0n) is 11.2. The molecule has 2 aromatic heterocycles. The van der Waals surface area contributed by atoms with Crippen LogP contribution in [-0.4, -0.2) is 22.3 Å². The molecule has 0 unspecified atom stereocenters. The van der Waals surface area contributed by atoms with Crippen LogP contribution in [0.1, 0.15) is 10.4 Å². The van der Waals surface area contributed by atoms with Crippen LogP contribution in [0.15, 0.2) is 48.8 Å². The summed E-state index contributed by atoms with van der Waals surface area (Å²) < 4.78 is 5.32. The minimum absolute atomic E-state index is 0.415. The minimum Gasteiger partial charge on any atom is -0.494 e. The van der Waals surface area contributed by atoms with Crippen LogP contribution in [0.3, 0.4) is 0 Å². The molecule has 3 rings (SSSR count). The standard InChI is InChI=1S/C16H11ClN2O2/c1-21-14-7-5-12(16(17)20)11-4-6-13(19-15(11)14)10-3-2-8-18-9-10/h2-9H,1H3. The summed E-state index contributed by atoms with van der Waals surface area (Å²) >= 11 is 5.62. The number of methoxy groups -OCH3 is 1.